The topological polar surface area (TPSA) is 55.1 Å². The maximum absolute atomic E-state index is 12.0. The van der Waals surface area contributed by atoms with E-state index in [1.165, 1.54) is 4.68 Å². The average Bonchev–Trinajstić information content (AvgIpc) is 2.15. The van der Waals surface area contributed by atoms with Crippen LogP contribution >= 0.6 is 0 Å². The lowest BCUT2D eigenvalue weighted by Crippen LogP contribution is -2.38. The number of aryl methyl sites for hydroxylation is 1. The first-order valence-corrected chi connectivity index (χ1v) is 5.13. The van der Waals surface area contributed by atoms with Gasteiger partial charge < -0.3 is 5.11 Å². The van der Waals surface area contributed by atoms with Gasteiger partial charge in [0.25, 0.3) is 5.56 Å². The van der Waals surface area contributed by atoms with E-state index in [0.717, 1.165) is 5.56 Å². The number of aliphatic hydroxyl groups excluding tert-OH is 1. The Morgan fingerprint density at radius 2 is 2.07 bits per heavy atom. The normalized spacial score (nSPS) is 11.8. The van der Waals surface area contributed by atoms with Crippen molar-refractivity contribution < 1.29 is 5.11 Å². The van der Waals surface area contributed by atoms with Gasteiger partial charge in [-0.3, -0.25) is 4.79 Å². The number of aliphatic hydroxyl groups is 1. The molecule has 0 atom stereocenters. The number of nitrogens with zero attached hydrogens (tertiary/aromatic N) is 2. The molecule has 4 nitrogen and oxygen atoms in total. The third kappa shape index (κ3) is 2.26. The van der Waals surface area contributed by atoms with Gasteiger partial charge in [0.15, 0.2) is 0 Å². The lowest BCUT2D eigenvalue weighted by molar-refractivity contribution is 0.270. The predicted molar refractivity (Wildman–Crippen MR) is 58.8 cm³/mol. The summed E-state index contributed by atoms with van der Waals surface area (Å²) in [6.45, 7) is 7.45. The minimum Gasteiger partial charge on any atom is -0.391 e. The Bertz CT molecular complexity index is 402. The number of aromatic nitrogens is 2. The lowest BCUT2D eigenvalue weighted by Gasteiger charge is -2.21. The van der Waals surface area contributed by atoms with E-state index in [0.29, 0.717) is 12.0 Å². The fourth-order valence-electron chi connectivity index (χ4n) is 1.47. The van der Waals surface area contributed by atoms with Crippen LogP contribution in [0.25, 0.3) is 0 Å². The van der Waals surface area contributed by atoms with Crippen LogP contribution in [0.15, 0.2) is 11.0 Å². The van der Waals surface area contributed by atoms with Crippen LogP contribution < -0.4 is 5.56 Å². The fourth-order valence-corrected chi connectivity index (χ4v) is 1.47. The highest BCUT2D eigenvalue weighted by Crippen LogP contribution is 2.11. The average molecular weight is 210 g/mol. The molecule has 0 aliphatic carbocycles. The summed E-state index contributed by atoms with van der Waals surface area (Å²) < 4.78 is 1.41. The zero-order valence-corrected chi connectivity index (χ0v) is 9.74. The van der Waals surface area contributed by atoms with Crippen molar-refractivity contribution in [3.05, 3.63) is 27.7 Å². The lowest BCUT2D eigenvalue weighted by atomic mass is 10.1. The highest BCUT2D eigenvalue weighted by Gasteiger charge is 2.18. The molecule has 0 spiro atoms. The third-order valence-electron chi connectivity index (χ3n) is 2.34. The molecule has 1 rings (SSSR count). The smallest absolute Gasteiger partial charge is 0.273 e. The van der Waals surface area contributed by atoms with Gasteiger partial charge in [-0.1, -0.05) is 6.92 Å². The molecule has 1 aromatic heterocycles. The van der Waals surface area contributed by atoms with Gasteiger partial charge in [0.1, 0.15) is 0 Å². The van der Waals surface area contributed by atoms with E-state index in [1.807, 2.05) is 27.7 Å². The van der Waals surface area contributed by atoms with Gasteiger partial charge in [0, 0.05) is 5.56 Å². The SMILES string of the molecule is CCc1cnn(C(C)(C)C)c(=O)c1CO. The highest BCUT2D eigenvalue weighted by atomic mass is 16.3. The van der Waals surface area contributed by atoms with Crippen molar-refractivity contribution >= 4 is 0 Å². The van der Waals surface area contributed by atoms with Crippen LogP contribution in [-0.2, 0) is 18.6 Å². The fraction of sp³-hybridized carbons (Fsp3) is 0.636. The maximum Gasteiger partial charge on any atom is 0.273 e. The van der Waals surface area contributed by atoms with Crippen molar-refractivity contribution in [2.45, 2.75) is 46.3 Å². The van der Waals surface area contributed by atoms with Gasteiger partial charge in [0.05, 0.1) is 18.3 Å². The van der Waals surface area contributed by atoms with Crippen LogP contribution in [0, 0.1) is 0 Å². The molecule has 0 saturated heterocycles. The molecule has 0 amide bonds. The first-order chi connectivity index (χ1) is 6.91. The maximum atomic E-state index is 12.0. The Kier molecular flexibility index (Phi) is 3.29. The summed E-state index contributed by atoms with van der Waals surface area (Å²) in [5.74, 6) is 0. The van der Waals surface area contributed by atoms with Crippen molar-refractivity contribution in [3.8, 4) is 0 Å². The second kappa shape index (κ2) is 4.14. The van der Waals surface area contributed by atoms with Crippen LogP contribution in [-0.4, -0.2) is 14.9 Å². The van der Waals surface area contributed by atoms with Gasteiger partial charge >= 0.3 is 0 Å². The van der Waals surface area contributed by atoms with Crippen LogP contribution in [0.5, 0.6) is 0 Å². The largest absolute Gasteiger partial charge is 0.391 e. The Labute approximate surface area is 89.6 Å². The summed E-state index contributed by atoms with van der Waals surface area (Å²) >= 11 is 0. The van der Waals surface area contributed by atoms with E-state index in [4.69, 9.17) is 0 Å². The predicted octanol–water partition coefficient (Wildman–Crippen LogP) is 1.05. The van der Waals surface area contributed by atoms with Crippen molar-refractivity contribution in [2.75, 3.05) is 0 Å². The van der Waals surface area contributed by atoms with Crippen LogP contribution in [0.2, 0.25) is 0 Å². The van der Waals surface area contributed by atoms with Crippen molar-refractivity contribution in [2.24, 2.45) is 0 Å². The quantitative estimate of drug-likeness (QED) is 0.794. The van der Waals surface area contributed by atoms with E-state index >= 15 is 0 Å². The summed E-state index contributed by atoms with van der Waals surface area (Å²) in [7, 11) is 0. The van der Waals surface area contributed by atoms with Gasteiger partial charge in [-0.2, -0.15) is 5.10 Å². The number of hydrogen-bond acceptors (Lipinski definition) is 3. The van der Waals surface area contributed by atoms with E-state index in [2.05, 4.69) is 5.10 Å². The molecule has 0 aliphatic heterocycles. The van der Waals surface area contributed by atoms with Crippen molar-refractivity contribution in [1.82, 2.24) is 9.78 Å². The van der Waals surface area contributed by atoms with Gasteiger partial charge in [-0.25, -0.2) is 4.68 Å². The number of rotatable bonds is 2. The molecular formula is C11H18N2O2. The highest BCUT2D eigenvalue weighted by molar-refractivity contribution is 5.20. The Balaban J connectivity index is 3.43. The van der Waals surface area contributed by atoms with E-state index in [-0.39, 0.29) is 17.7 Å². The minimum absolute atomic E-state index is 0.190. The van der Waals surface area contributed by atoms with Crippen LogP contribution in [0.4, 0.5) is 0 Å². The molecule has 84 valence electrons. The zero-order chi connectivity index (χ0) is 11.6. The van der Waals surface area contributed by atoms with Crippen molar-refractivity contribution in [3.63, 3.8) is 0 Å². The third-order valence-corrected chi connectivity index (χ3v) is 2.34. The molecule has 0 aromatic carbocycles. The zero-order valence-electron chi connectivity index (χ0n) is 9.74. The Morgan fingerprint density at radius 3 is 2.47 bits per heavy atom. The van der Waals surface area contributed by atoms with Crippen molar-refractivity contribution in [1.29, 1.82) is 0 Å². The van der Waals surface area contributed by atoms with Gasteiger partial charge in [0.2, 0.25) is 0 Å². The summed E-state index contributed by atoms with van der Waals surface area (Å²) in [6, 6.07) is 0. The molecule has 1 heterocycles. The molecule has 0 aliphatic rings. The molecule has 0 fully saturated rings. The van der Waals surface area contributed by atoms with E-state index in [1.54, 1.807) is 6.20 Å². The first-order valence-electron chi connectivity index (χ1n) is 5.13. The monoisotopic (exact) mass is 210 g/mol. The summed E-state index contributed by atoms with van der Waals surface area (Å²) in [5, 5.41) is 13.3. The minimum atomic E-state index is -0.354. The van der Waals surface area contributed by atoms with Gasteiger partial charge in [-0.05, 0) is 32.8 Å². The Hall–Kier alpha value is -1.16. The second-order valence-electron chi connectivity index (χ2n) is 4.55. The van der Waals surface area contributed by atoms with Gasteiger partial charge in [-0.15, -0.1) is 0 Å². The summed E-state index contributed by atoms with van der Waals surface area (Å²) in [5.41, 5.74) is 0.738. The standard InChI is InChI=1S/C11H18N2O2/c1-5-8-6-12-13(11(2,3)4)10(15)9(8)7-14/h6,14H,5,7H2,1-4H3. The molecule has 0 bridgehead atoms. The molecular weight excluding hydrogens is 192 g/mol. The molecule has 0 unspecified atom stereocenters. The summed E-state index contributed by atoms with van der Waals surface area (Å²) in [6.07, 6.45) is 2.38. The molecule has 1 aromatic rings. The second-order valence-corrected chi connectivity index (χ2v) is 4.55. The molecule has 15 heavy (non-hydrogen) atoms. The Morgan fingerprint density at radius 1 is 1.47 bits per heavy atom. The first kappa shape index (κ1) is 11.9. The van der Waals surface area contributed by atoms with E-state index < -0.39 is 0 Å². The van der Waals surface area contributed by atoms with Crippen LogP contribution in [0.3, 0.4) is 0 Å². The van der Waals surface area contributed by atoms with E-state index in [9.17, 15) is 9.90 Å². The molecule has 1 N–H and O–H groups in total. The molecule has 4 heteroatoms. The molecule has 0 saturated carbocycles. The summed E-state index contributed by atoms with van der Waals surface area (Å²) in [4.78, 5) is 12.0. The molecule has 0 radical (unpaired) electrons. The number of hydrogen-bond donors (Lipinski definition) is 1. The van der Waals surface area contributed by atoms with Crippen LogP contribution in [0.1, 0.15) is 38.8 Å².